The Hall–Kier alpha value is -2.72. The molecule has 0 spiro atoms. The van der Waals surface area contributed by atoms with E-state index in [1.165, 1.54) is 22.2 Å². The van der Waals surface area contributed by atoms with Crippen molar-refractivity contribution in [3.05, 3.63) is 41.6 Å². The highest BCUT2D eigenvalue weighted by atomic mass is 32.1. The first kappa shape index (κ1) is 13.3. The van der Waals surface area contributed by atoms with Crippen molar-refractivity contribution in [3.63, 3.8) is 0 Å². The second kappa shape index (κ2) is 5.34. The molecule has 0 bridgehead atoms. The van der Waals surface area contributed by atoms with Crippen molar-refractivity contribution in [3.8, 4) is 6.07 Å². The van der Waals surface area contributed by atoms with E-state index in [9.17, 15) is 4.79 Å². The lowest BCUT2D eigenvalue weighted by atomic mass is 10.2. The largest absolute Gasteiger partial charge is 0.372 e. The number of nitrogens with one attached hydrogen (secondary N) is 1. The molecule has 1 N–H and O–H groups in total. The molecule has 3 rings (SSSR count). The van der Waals surface area contributed by atoms with Gasteiger partial charge in [-0.05, 0) is 6.07 Å². The van der Waals surface area contributed by atoms with Gasteiger partial charge in [0.2, 0.25) is 0 Å². The van der Waals surface area contributed by atoms with Crippen LogP contribution in [0.2, 0.25) is 0 Å². The van der Waals surface area contributed by atoms with Crippen LogP contribution < -0.4 is 10.9 Å². The van der Waals surface area contributed by atoms with Crippen LogP contribution in [0, 0.1) is 11.3 Å². The van der Waals surface area contributed by atoms with E-state index < -0.39 is 0 Å². The maximum Gasteiger partial charge on any atom is 0.271 e. The highest BCUT2D eigenvalue weighted by molar-refractivity contribution is 7.25. The fourth-order valence-corrected chi connectivity index (χ4v) is 3.21. The van der Waals surface area contributed by atoms with Gasteiger partial charge in [-0.3, -0.25) is 9.36 Å². The number of hydrogen-bond acceptors (Lipinski definition) is 6. The number of rotatable bonds is 4. The Kier molecular flexibility index (Phi) is 3.38. The zero-order chi connectivity index (χ0) is 14.8. The van der Waals surface area contributed by atoms with Crippen LogP contribution in [0.15, 0.2) is 36.0 Å². The van der Waals surface area contributed by atoms with Gasteiger partial charge in [0.25, 0.3) is 5.56 Å². The third kappa shape index (κ3) is 2.15. The van der Waals surface area contributed by atoms with Crippen LogP contribution in [0.3, 0.4) is 0 Å². The summed E-state index contributed by atoms with van der Waals surface area (Å²) in [6, 6.07) is 3.81. The first-order valence-corrected chi connectivity index (χ1v) is 7.06. The Bertz CT molecular complexity index is 934. The molecule has 6 nitrogen and oxygen atoms in total. The molecule has 0 unspecified atom stereocenters. The van der Waals surface area contributed by atoms with Gasteiger partial charge in [-0.25, -0.2) is 9.97 Å². The summed E-state index contributed by atoms with van der Waals surface area (Å²) < 4.78 is 2.07. The molecule has 0 saturated carbocycles. The molecule has 0 aliphatic rings. The molecule has 3 aromatic heterocycles. The topological polar surface area (TPSA) is 83.6 Å². The highest BCUT2D eigenvalue weighted by Crippen LogP contribution is 2.33. The monoisotopic (exact) mass is 297 g/mol. The minimum atomic E-state index is -0.103. The maximum absolute atomic E-state index is 12.4. The Morgan fingerprint density at radius 2 is 2.38 bits per heavy atom. The smallest absolute Gasteiger partial charge is 0.271 e. The molecule has 7 heteroatoms. The number of fused-ring (bicyclic) bond motifs is 3. The molecule has 3 heterocycles. The molecule has 0 saturated heterocycles. The normalized spacial score (nSPS) is 10.6. The van der Waals surface area contributed by atoms with Crippen molar-refractivity contribution in [1.29, 1.82) is 5.26 Å². The van der Waals surface area contributed by atoms with Crippen molar-refractivity contribution < 1.29 is 0 Å². The van der Waals surface area contributed by atoms with E-state index in [2.05, 4.69) is 21.9 Å². The fraction of sp³-hybridized carbons (Fsp3) is 0.143. The van der Waals surface area contributed by atoms with Gasteiger partial charge in [0.1, 0.15) is 16.1 Å². The number of thiophene rings is 1. The molecular weight excluding hydrogens is 286 g/mol. The molecular formula is C14H11N5OS. The number of allylic oxidation sites excluding steroid dienone is 1. The van der Waals surface area contributed by atoms with Crippen LogP contribution in [-0.2, 0) is 6.54 Å². The summed E-state index contributed by atoms with van der Waals surface area (Å²) in [6.07, 6.45) is 4.82. The first-order valence-electron chi connectivity index (χ1n) is 6.24. The molecule has 0 aliphatic heterocycles. The second-order valence-electron chi connectivity index (χ2n) is 4.32. The van der Waals surface area contributed by atoms with Crippen LogP contribution in [0.4, 0.5) is 5.69 Å². The summed E-state index contributed by atoms with van der Waals surface area (Å²) in [6.45, 7) is 4.23. The van der Waals surface area contributed by atoms with Crippen molar-refractivity contribution in [2.45, 2.75) is 6.54 Å². The molecule has 0 fully saturated rings. The number of nitriles is 1. The van der Waals surface area contributed by atoms with Gasteiger partial charge in [-0.15, -0.1) is 17.9 Å². The van der Waals surface area contributed by atoms with E-state index in [-0.39, 0.29) is 12.1 Å². The van der Waals surface area contributed by atoms with E-state index >= 15 is 0 Å². The van der Waals surface area contributed by atoms with Crippen molar-refractivity contribution >= 4 is 37.5 Å². The zero-order valence-corrected chi connectivity index (χ0v) is 11.9. The Morgan fingerprint density at radius 1 is 1.52 bits per heavy atom. The van der Waals surface area contributed by atoms with E-state index in [1.807, 2.05) is 6.07 Å². The molecule has 3 aromatic rings. The van der Waals surface area contributed by atoms with Gasteiger partial charge < -0.3 is 5.32 Å². The van der Waals surface area contributed by atoms with Gasteiger partial charge in [0.15, 0.2) is 0 Å². The van der Waals surface area contributed by atoms with E-state index in [0.717, 1.165) is 15.9 Å². The van der Waals surface area contributed by atoms with Gasteiger partial charge >= 0.3 is 0 Å². The van der Waals surface area contributed by atoms with E-state index in [1.54, 1.807) is 18.3 Å². The number of pyridine rings is 1. The lowest BCUT2D eigenvalue weighted by Crippen LogP contribution is -2.18. The third-order valence-electron chi connectivity index (χ3n) is 3.03. The van der Waals surface area contributed by atoms with Crippen LogP contribution in [0.5, 0.6) is 0 Å². The fourth-order valence-electron chi connectivity index (χ4n) is 2.14. The highest BCUT2D eigenvalue weighted by Gasteiger charge is 2.14. The Labute approximate surface area is 124 Å². The lowest BCUT2D eigenvalue weighted by Gasteiger charge is -2.04. The predicted octanol–water partition coefficient (Wildman–Crippen LogP) is 2.13. The zero-order valence-electron chi connectivity index (χ0n) is 11.0. The standard InChI is InChI=1S/C14H11N5OS/c1-2-7-19-8-18-11-10-9(16-6-4-15)3-5-17-13(10)21-12(11)14(19)20/h2-3,5,8H,1,6-7H2,(H,16,17). The summed E-state index contributed by atoms with van der Waals surface area (Å²) in [5.41, 5.74) is 1.28. The molecule has 0 atom stereocenters. The molecule has 104 valence electrons. The van der Waals surface area contributed by atoms with E-state index in [4.69, 9.17) is 5.26 Å². The summed E-state index contributed by atoms with van der Waals surface area (Å²) in [7, 11) is 0. The first-order chi connectivity index (χ1) is 10.3. The quantitative estimate of drug-likeness (QED) is 0.589. The lowest BCUT2D eigenvalue weighted by molar-refractivity contribution is 0.770. The number of aromatic nitrogens is 3. The number of anilines is 1. The summed E-state index contributed by atoms with van der Waals surface area (Å²) in [5, 5.41) is 12.5. The van der Waals surface area contributed by atoms with Gasteiger partial charge in [0, 0.05) is 18.4 Å². The van der Waals surface area contributed by atoms with Crippen LogP contribution >= 0.6 is 11.3 Å². The average Bonchev–Trinajstić information content (AvgIpc) is 2.88. The molecule has 0 aliphatic carbocycles. The average molecular weight is 297 g/mol. The Morgan fingerprint density at radius 3 is 3.14 bits per heavy atom. The SMILES string of the molecule is C=CCn1cnc2c(sc3nccc(NCC#N)c32)c1=O. The maximum atomic E-state index is 12.4. The van der Waals surface area contributed by atoms with Gasteiger partial charge in [-0.1, -0.05) is 6.08 Å². The van der Waals surface area contributed by atoms with Crippen LogP contribution in [-0.4, -0.2) is 21.1 Å². The minimum absolute atomic E-state index is 0.103. The van der Waals surface area contributed by atoms with E-state index in [0.29, 0.717) is 16.8 Å². The summed E-state index contributed by atoms with van der Waals surface area (Å²) in [4.78, 5) is 21.8. The van der Waals surface area contributed by atoms with Crippen molar-refractivity contribution in [2.24, 2.45) is 0 Å². The predicted molar refractivity (Wildman–Crippen MR) is 83.5 cm³/mol. The molecule has 0 radical (unpaired) electrons. The molecule has 0 amide bonds. The number of nitrogens with zero attached hydrogens (tertiary/aromatic N) is 4. The Balaban J connectivity index is 2.31. The summed E-state index contributed by atoms with van der Waals surface area (Å²) in [5.74, 6) is 0. The molecule has 0 aromatic carbocycles. The van der Waals surface area contributed by atoms with Crippen LogP contribution in [0.1, 0.15) is 0 Å². The van der Waals surface area contributed by atoms with Gasteiger partial charge in [-0.2, -0.15) is 5.26 Å². The summed E-state index contributed by atoms with van der Waals surface area (Å²) >= 11 is 1.31. The van der Waals surface area contributed by atoms with Crippen LogP contribution in [0.25, 0.3) is 20.4 Å². The number of hydrogen-bond donors (Lipinski definition) is 1. The van der Waals surface area contributed by atoms with Gasteiger partial charge in [0.05, 0.1) is 23.3 Å². The van der Waals surface area contributed by atoms with Crippen molar-refractivity contribution in [2.75, 3.05) is 11.9 Å². The minimum Gasteiger partial charge on any atom is -0.372 e. The second-order valence-corrected chi connectivity index (χ2v) is 5.32. The third-order valence-corrected chi connectivity index (χ3v) is 4.11. The van der Waals surface area contributed by atoms with Crippen molar-refractivity contribution in [1.82, 2.24) is 14.5 Å². The molecule has 21 heavy (non-hydrogen) atoms.